The molecule has 0 saturated carbocycles. The van der Waals surface area contributed by atoms with E-state index in [2.05, 4.69) is 21.7 Å². The zero-order chi connectivity index (χ0) is 11.7. The van der Waals surface area contributed by atoms with Crippen LogP contribution in [-0.4, -0.2) is 31.2 Å². The standard InChI is InChI=1S/C13H19N3O/c1-17-13-10(3-2-5-15-13)12-7-9-8-14-6-4-11(9)16-12/h2-3,5,9,11-12,14,16H,4,6-8H2,1H3. The first-order valence-corrected chi connectivity index (χ1v) is 6.34. The topological polar surface area (TPSA) is 46.2 Å². The molecule has 1 aromatic rings. The van der Waals surface area contributed by atoms with E-state index in [1.807, 2.05) is 6.07 Å². The summed E-state index contributed by atoms with van der Waals surface area (Å²) in [6.07, 6.45) is 4.19. The van der Waals surface area contributed by atoms with Crippen LogP contribution in [0.25, 0.3) is 0 Å². The molecule has 2 fully saturated rings. The number of fused-ring (bicyclic) bond motifs is 1. The Bertz CT molecular complexity index is 382. The van der Waals surface area contributed by atoms with Crippen molar-refractivity contribution in [3.05, 3.63) is 23.9 Å². The van der Waals surface area contributed by atoms with Gasteiger partial charge in [0.2, 0.25) is 5.88 Å². The highest BCUT2D eigenvalue weighted by atomic mass is 16.5. The van der Waals surface area contributed by atoms with Crippen LogP contribution in [0.2, 0.25) is 0 Å². The number of nitrogens with one attached hydrogen (secondary N) is 2. The zero-order valence-electron chi connectivity index (χ0n) is 10.1. The maximum absolute atomic E-state index is 5.34. The summed E-state index contributed by atoms with van der Waals surface area (Å²) in [6.45, 7) is 2.27. The van der Waals surface area contributed by atoms with Crippen molar-refractivity contribution in [1.82, 2.24) is 15.6 Å². The molecule has 0 amide bonds. The predicted molar refractivity (Wildman–Crippen MR) is 66.0 cm³/mol. The van der Waals surface area contributed by atoms with Crippen LogP contribution in [0, 0.1) is 5.92 Å². The largest absolute Gasteiger partial charge is 0.481 e. The molecule has 92 valence electrons. The maximum Gasteiger partial charge on any atom is 0.217 e. The van der Waals surface area contributed by atoms with E-state index in [0.29, 0.717) is 12.1 Å². The number of pyridine rings is 1. The Kier molecular flexibility index (Phi) is 2.99. The molecule has 3 rings (SSSR count). The van der Waals surface area contributed by atoms with Crippen molar-refractivity contribution in [3.8, 4) is 5.88 Å². The molecular weight excluding hydrogens is 214 g/mol. The second-order valence-electron chi connectivity index (χ2n) is 4.92. The fourth-order valence-electron chi connectivity index (χ4n) is 3.07. The lowest BCUT2D eigenvalue weighted by molar-refractivity contribution is 0.344. The van der Waals surface area contributed by atoms with Gasteiger partial charge in [-0.1, -0.05) is 6.07 Å². The normalized spacial score (nSPS) is 32.2. The molecule has 0 aliphatic carbocycles. The number of nitrogens with zero attached hydrogens (tertiary/aromatic N) is 1. The van der Waals surface area contributed by atoms with Gasteiger partial charge in [-0.05, 0) is 37.9 Å². The van der Waals surface area contributed by atoms with E-state index in [1.165, 1.54) is 18.4 Å². The van der Waals surface area contributed by atoms with Crippen LogP contribution < -0.4 is 15.4 Å². The second kappa shape index (κ2) is 4.63. The summed E-state index contributed by atoms with van der Waals surface area (Å²) in [6, 6.07) is 5.16. The number of hydrogen-bond acceptors (Lipinski definition) is 4. The first kappa shape index (κ1) is 11.0. The van der Waals surface area contributed by atoms with Crippen LogP contribution in [0.5, 0.6) is 5.88 Å². The van der Waals surface area contributed by atoms with Crippen LogP contribution in [0.15, 0.2) is 18.3 Å². The van der Waals surface area contributed by atoms with E-state index >= 15 is 0 Å². The Balaban J connectivity index is 1.81. The molecule has 3 heterocycles. The molecule has 0 spiro atoms. The quantitative estimate of drug-likeness (QED) is 0.803. The van der Waals surface area contributed by atoms with Gasteiger partial charge in [0.1, 0.15) is 0 Å². The molecule has 2 aliphatic rings. The molecule has 3 unspecified atom stereocenters. The van der Waals surface area contributed by atoms with Crippen molar-refractivity contribution in [2.75, 3.05) is 20.2 Å². The number of aromatic nitrogens is 1. The summed E-state index contributed by atoms with van der Waals surface area (Å²) >= 11 is 0. The minimum Gasteiger partial charge on any atom is -0.481 e. The summed E-state index contributed by atoms with van der Waals surface area (Å²) in [5.74, 6) is 1.51. The minimum atomic E-state index is 0.397. The van der Waals surface area contributed by atoms with Crippen LogP contribution >= 0.6 is 0 Å². The smallest absolute Gasteiger partial charge is 0.217 e. The molecule has 4 nitrogen and oxygen atoms in total. The summed E-state index contributed by atoms with van der Waals surface area (Å²) < 4.78 is 5.34. The van der Waals surface area contributed by atoms with Crippen molar-refractivity contribution in [3.63, 3.8) is 0 Å². The molecule has 17 heavy (non-hydrogen) atoms. The van der Waals surface area contributed by atoms with Gasteiger partial charge in [-0.2, -0.15) is 0 Å². The van der Waals surface area contributed by atoms with E-state index in [-0.39, 0.29) is 0 Å². The SMILES string of the molecule is COc1ncccc1C1CC2CNCCC2N1. The molecule has 3 atom stereocenters. The van der Waals surface area contributed by atoms with Crippen molar-refractivity contribution in [1.29, 1.82) is 0 Å². The molecule has 4 heteroatoms. The fraction of sp³-hybridized carbons (Fsp3) is 0.615. The summed E-state index contributed by atoms with van der Waals surface area (Å²) in [5.41, 5.74) is 1.20. The van der Waals surface area contributed by atoms with Crippen molar-refractivity contribution in [2.24, 2.45) is 5.92 Å². The molecule has 0 aromatic carbocycles. The summed E-state index contributed by atoms with van der Waals surface area (Å²) in [7, 11) is 1.69. The van der Waals surface area contributed by atoms with Crippen LogP contribution in [-0.2, 0) is 0 Å². The van der Waals surface area contributed by atoms with Crippen LogP contribution in [0.1, 0.15) is 24.4 Å². The monoisotopic (exact) mass is 233 g/mol. The van der Waals surface area contributed by atoms with E-state index in [0.717, 1.165) is 24.9 Å². The van der Waals surface area contributed by atoms with E-state index in [1.54, 1.807) is 13.3 Å². The second-order valence-corrected chi connectivity index (χ2v) is 4.92. The average molecular weight is 233 g/mol. The number of hydrogen-bond donors (Lipinski definition) is 2. The van der Waals surface area contributed by atoms with Crippen LogP contribution in [0.4, 0.5) is 0 Å². The van der Waals surface area contributed by atoms with Gasteiger partial charge < -0.3 is 15.4 Å². The molecule has 2 aliphatic heterocycles. The van der Waals surface area contributed by atoms with Gasteiger partial charge >= 0.3 is 0 Å². The number of ether oxygens (including phenoxy) is 1. The third kappa shape index (κ3) is 2.03. The Morgan fingerprint density at radius 1 is 1.47 bits per heavy atom. The van der Waals surface area contributed by atoms with Gasteiger partial charge in [-0.25, -0.2) is 4.98 Å². The Morgan fingerprint density at radius 3 is 3.24 bits per heavy atom. The zero-order valence-corrected chi connectivity index (χ0v) is 10.1. The van der Waals surface area contributed by atoms with E-state index in [9.17, 15) is 0 Å². The van der Waals surface area contributed by atoms with E-state index < -0.39 is 0 Å². The Labute approximate surface area is 102 Å². The lowest BCUT2D eigenvalue weighted by Gasteiger charge is -2.25. The average Bonchev–Trinajstić information content (AvgIpc) is 2.82. The van der Waals surface area contributed by atoms with E-state index in [4.69, 9.17) is 4.74 Å². The first-order valence-electron chi connectivity index (χ1n) is 6.34. The van der Waals surface area contributed by atoms with Gasteiger partial charge in [0.15, 0.2) is 0 Å². The first-order chi connectivity index (χ1) is 8.38. The third-order valence-electron chi connectivity index (χ3n) is 3.93. The van der Waals surface area contributed by atoms with Crippen molar-refractivity contribution in [2.45, 2.75) is 24.9 Å². The highest BCUT2D eigenvalue weighted by Crippen LogP contribution is 2.36. The lowest BCUT2D eigenvalue weighted by Crippen LogP contribution is -2.41. The molecule has 2 N–H and O–H groups in total. The molecule has 0 bridgehead atoms. The fourth-order valence-corrected chi connectivity index (χ4v) is 3.07. The number of methoxy groups -OCH3 is 1. The van der Waals surface area contributed by atoms with Crippen molar-refractivity contribution >= 4 is 0 Å². The number of piperidine rings is 1. The Hall–Kier alpha value is -1.13. The van der Waals surface area contributed by atoms with Gasteiger partial charge in [0.05, 0.1) is 7.11 Å². The Morgan fingerprint density at radius 2 is 2.41 bits per heavy atom. The molecular formula is C13H19N3O. The summed E-state index contributed by atoms with van der Waals surface area (Å²) in [4.78, 5) is 4.28. The van der Waals surface area contributed by atoms with Gasteiger partial charge in [-0.3, -0.25) is 0 Å². The highest BCUT2D eigenvalue weighted by molar-refractivity contribution is 5.30. The predicted octanol–water partition coefficient (Wildman–Crippen LogP) is 1.10. The van der Waals surface area contributed by atoms with Crippen LogP contribution in [0.3, 0.4) is 0 Å². The molecule has 1 aromatic heterocycles. The van der Waals surface area contributed by atoms with Gasteiger partial charge in [0.25, 0.3) is 0 Å². The molecule has 0 radical (unpaired) electrons. The number of rotatable bonds is 2. The summed E-state index contributed by atoms with van der Waals surface area (Å²) in [5, 5.41) is 7.19. The van der Waals surface area contributed by atoms with Crippen molar-refractivity contribution < 1.29 is 4.74 Å². The maximum atomic E-state index is 5.34. The third-order valence-corrected chi connectivity index (χ3v) is 3.93. The minimum absolute atomic E-state index is 0.397. The lowest BCUT2D eigenvalue weighted by atomic mass is 9.93. The highest BCUT2D eigenvalue weighted by Gasteiger charge is 2.36. The molecule has 2 saturated heterocycles. The van der Waals surface area contributed by atoms with Gasteiger partial charge in [-0.15, -0.1) is 0 Å². The van der Waals surface area contributed by atoms with Gasteiger partial charge in [0, 0.05) is 23.8 Å².